The van der Waals surface area contributed by atoms with Gasteiger partial charge in [-0.15, -0.1) is 0 Å². The van der Waals surface area contributed by atoms with Crippen LogP contribution in [0, 0.1) is 5.92 Å². The molecule has 0 amide bonds. The number of carbonyl (C=O) groups is 2. The Labute approximate surface area is 156 Å². The van der Waals surface area contributed by atoms with Crippen molar-refractivity contribution in [3.63, 3.8) is 0 Å². The maximum atomic E-state index is 12.3. The number of ketones is 1. The van der Waals surface area contributed by atoms with Crippen molar-refractivity contribution in [1.29, 1.82) is 0 Å². The van der Waals surface area contributed by atoms with Gasteiger partial charge in [0.2, 0.25) is 6.29 Å². The van der Waals surface area contributed by atoms with Gasteiger partial charge in [0, 0.05) is 12.0 Å². The van der Waals surface area contributed by atoms with Gasteiger partial charge < -0.3 is 4.74 Å². The molecule has 4 heteroatoms. The van der Waals surface area contributed by atoms with Crippen molar-refractivity contribution in [3.05, 3.63) is 29.3 Å². The normalized spacial score (nSPS) is 14.8. The van der Waals surface area contributed by atoms with E-state index in [0.29, 0.717) is 12.0 Å². The van der Waals surface area contributed by atoms with Crippen LogP contribution in [0.4, 0.5) is 0 Å². The van der Waals surface area contributed by atoms with Crippen molar-refractivity contribution in [2.75, 3.05) is 0 Å². The lowest BCUT2D eigenvalue weighted by Gasteiger charge is -2.20. The van der Waals surface area contributed by atoms with E-state index in [9.17, 15) is 14.4 Å². The van der Waals surface area contributed by atoms with Crippen molar-refractivity contribution < 1.29 is 19.1 Å². The molecule has 26 heavy (non-hydrogen) atoms. The van der Waals surface area contributed by atoms with Crippen LogP contribution in [0.5, 0.6) is 5.75 Å². The van der Waals surface area contributed by atoms with Crippen LogP contribution < -0.4 is 4.74 Å². The molecule has 1 saturated carbocycles. The second-order valence-corrected chi connectivity index (χ2v) is 7.16. The molecule has 1 aliphatic carbocycles. The second-order valence-electron chi connectivity index (χ2n) is 7.16. The molecular weight excluding hydrogens is 328 g/mol. The summed E-state index contributed by atoms with van der Waals surface area (Å²) in [6.45, 7) is 2.16. The fourth-order valence-electron chi connectivity index (χ4n) is 3.44. The number of esters is 1. The lowest BCUT2D eigenvalue weighted by molar-refractivity contribution is -0.140. The molecule has 0 unspecified atom stereocenters. The van der Waals surface area contributed by atoms with Crippen LogP contribution in [0.15, 0.2) is 18.2 Å². The van der Waals surface area contributed by atoms with Gasteiger partial charge >= 0.3 is 5.97 Å². The van der Waals surface area contributed by atoms with Crippen LogP contribution in [0.1, 0.15) is 93.5 Å². The molecule has 141 valence electrons. The molecule has 2 rings (SSSR count). The molecule has 0 heterocycles. The summed E-state index contributed by atoms with van der Waals surface area (Å²) >= 11 is 0. The second kappa shape index (κ2) is 10.9. The predicted molar refractivity (Wildman–Crippen MR) is 101 cm³/mol. The number of unbranched alkanes of at least 4 members (excludes halogenated alkanes) is 4. The summed E-state index contributed by atoms with van der Waals surface area (Å²) in [5.74, 6) is -0.151. The van der Waals surface area contributed by atoms with Crippen molar-refractivity contribution in [2.24, 2.45) is 5.92 Å². The van der Waals surface area contributed by atoms with Gasteiger partial charge in [-0.05, 0) is 37.5 Å². The van der Waals surface area contributed by atoms with Gasteiger partial charge in [-0.2, -0.15) is 0 Å². The number of ether oxygens (including phenoxy) is 1. The van der Waals surface area contributed by atoms with Gasteiger partial charge in [-0.3, -0.25) is 14.4 Å². The zero-order valence-corrected chi connectivity index (χ0v) is 15.7. The number of benzene rings is 1. The SMILES string of the molecule is CCCCCCCC(=O)c1ccc(OC(=O)C2CCCCC2)c([C]=O)c1. The van der Waals surface area contributed by atoms with Crippen LogP contribution in [-0.2, 0) is 9.59 Å². The fourth-order valence-corrected chi connectivity index (χ4v) is 3.44. The third-order valence-corrected chi connectivity index (χ3v) is 5.07. The van der Waals surface area contributed by atoms with E-state index in [1.165, 1.54) is 18.9 Å². The molecule has 0 atom stereocenters. The van der Waals surface area contributed by atoms with Crippen molar-refractivity contribution in [2.45, 2.75) is 77.6 Å². The van der Waals surface area contributed by atoms with Crippen molar-refractivity contribution in [1.82, 2.24) is 0 Å². The minimum atomic E-state index is -0.281. The predicted octanol–water partition coefficient (Wildman–Crippen LogP) is 5.17. The van der Waals surface area contributed by atoms with E-state index in [1.54, 1.807) is 18.4 Å². The summed E-state index contributed by atoms with van der Waals surface area (Å²) in [6, 6.07) is 4.68. The van der Waals surface area contributed by atoms with Gasteiger partial charge in [-0.25, -0.2) is 0 Å². The molecule has 1 aromatic rings. The Balaban J connectivity index is 1.94. The van der Waals surface area contributed by atoms with E-state index in [-0.39, 0.29) is 29.0 Å². The average Bonchev–Trinajstić information content (AvgIpc) is 2.68. The molecule has 0 saturated heterocycles. The molecule has 1 fully saturated rings. The third-order valence-electron chi connectivity index (χ3n) is 5.07. The Bertz CT molecular complexity index is 615. The van der Waals surface area contributed by atoms with E-state index < -0.39 is 0 Å². The standard InChI is InChI=1S/C22H29O4/c1-2-3-4-5-9-12-20(24)18-13-14-21(19(15-18)16-23)26-22(25)17-10-7-6-8-11-17/h13-15,17H,2-12H2,1H3. The molecule has 0 N–H and O–H groups in total. The smallest absolute Gasteiger partial charge is 0.314 e. The fraction of sp³-hybridized carbons (Fsp3) is 0.591. The molecular formula is C22H29O4. The lowest BCUT2D eigenvalue weighted by Crippen LogP contribution is -2.23. The number of rotatable bonds is 10. The van der Waals surface area contributed by atoms with E-state index in [1.807, 2.05) is 0 Å². The van der Waals surface area contributed by atoms with Gasteiger partial charge in [0.25, 0.3) is 0 Å². The first-order valence-corrected chi connectivity index (χ1v) is 9.92. The maximum Gasteiger partial charge on any atom is 0.314 e. The Morgan fingerprint density at radius 2 is 1.81 bits per heavy atom. The largest absolute Gasteiger partial charge is 0.426 e. The van der Waals surface area contributed by atoms with Crippen LogP contribution in [0.2, 0.25) is 0 Å². The van der Waals surface area contributed by atoms with Gasteiger partial charge in [0.1, 0.15) is 5.75 Å². The van der Waals surface area contributed by atoms with Crippen LogP contribution in [0.3, 0.4) is 0 Å². The lowest BCUT2D eigenvalue weighted by atomic mass is 9.89. The third kappa shape index (κ3) is 6.08. The first kappa shape index (κ1) is 20.3. The quantitative estimate of drug-likeness (QED) is 0.251. The highest BCUT2D eigenvalue weighted by atomic mass is 16.5. The first-order valence-electron chi connectivity index (χ1n) is 9.92. The number of hydrogen-bond acceptors (Lipinski definition) is 4. The molecule has 0 aliphatic heterocycles. The van der Waals surface area contributed by atoms with E-state index in [0.717, 1.165) is 51.4 Å². The summed E-state index contributed by atoms with van der Waals surface area (Å²) in [4.78, 5) is 35.8. The molecule has 0 bridgehead atoms. The highest BCUT2D eigenvalue weighted by molar-refractivity contribution is 5.98. The maximum absolute atomic E-state index is 12.3. The zero-order valence-electron chi connectivity index (χ0n) is 15.7. The molecule has 1 aliphatic rings. The number of hydrogen-bond donors (Lipinski definition) is 0. The molecule has 4 nitrogen and oxygen atoms in total. The average molecular weight is 357 g/mol. The molecule has 0 spiro atoms. The Hall–Kier alpha value is -1.97. The summed E-state index contributed by atoms with van der Waals surface area (Å²) < 4.78 is 5.42. The number of carbonyl (C=O) groups excluding carboxylic acids is 3. The minimum absolute atomic E-state index is 0.0168. The molecule has 1 aromatic carbocycles. The molecule has 0 aromatic heterocycles. The van der Waals surface area contributed by atoms with E-state index >= 15 is 0 Å². The van der Waals surface area contributed by atoms with Gasteiger partial charge in [0.05, 0.1) is 11.5 Å². The monoisotopic (exact) mass is 357 g/mol. The summed E-state index contributed by atoms with van der Waals surface area (Å²) in [5, 5.41) is 0. The Morgan fingerprint density at radius 3 is 2.50 bits per heavy atom. The summed E-state index contributed by atoms with van der Waals surface area (Å²) in [6.07, 6.45) is 12.6. The van der Waals surface area contributed by atoms with Gasteiger partial charge in [-0.1, -0.05) is 51.9 Å². The Morgan fingerprint density at radius 1 is 1.08 bits per heavy atom. The van der Waals surface area contributed by atoms with Crippen LogP contribution in [-0.4, -0.2) is 18.0 Å². The van der Waals surface area contributed by atoms with Crippen LogP contribution >= 0.6 is 0 Å². The molecule has 1 radical (unpaired) electrons. The first-order chi connectivity index (χ1) is 12.7. The highest BCUT2D eigenvalue weighted by Gasteiger charge is 2.24. The van der Waals surface area contributed by atoms with E-state index in [2.05, 4.69) is 6.92 Å². The zero-order chi connectivity index (χ0) is 18.8. The van der Waals surface area contributed by atoms with Crippen molar-refractivity contribution >= 4 is 18.0 Å². The van der Waals surface area contributed by atoms with Gasteiger partial charge in [0.15, 0.2) is 5.78 Å². The topological polar surface area (TPSA) is 60.4 Å². The van der Waals surface area contributed by atoms with E-state index in [4.69, 9.17) is 4.74 Å². The summed E-state index contributed by atoms with van der Waals surface area (Å²) in [7, 11) is 0. The Kier molecular flexibility index (Phi) is 8.52. The minimum Gasteiger partial charge on any atom is -0.426 e. The highest BCUT2D eigenvalue weighted by Crippen LogP contribution is 2.27. The summed E-state index contributed by atoms with van der Waals surface area (Å²) in [5.41, 5.74) is 0.627. The van der Waals surface area contributed by atoms with Crippen molar-refractivity contribution in [3.8, 4) is 5.75 Å². The number of Topliss-reactive ketones (excluding diaryl/α,β-unsaturated/α-hetero) is 1. The van der Waals surface area contributed by atoms with Crippen LogP contribution in [0.25, 0.3) is 0 Å².